The van der Waals surface area contributed by atoms with E-state index in [-0.39, 0.29) is 23.7 Å². The number of rotatable bonds is 8. The second kappa shape index (κ2) is 9.32. The van der Waals surface area contributed by atoms with Crippen molar-refractivity contribution in [3.63, 3.8) is 0 Å². The van der Waals surface area contributed by atoms with Crippen LogP contribution in [0.25, 0.3) is 5.69 Å². The number of aromatic nitrogens is 3. The molecule has 1 amide bonds. The molecule has 2 aromatic rings. The van der Waals surface area contributed by atoms with E-state index in [9.17, 15) is 9.18 Å². The molecular formula is C19H25FN4O2S. The molecule has 1 saturated heterocycles. The van der Waals surface area contributed by atoms with Gasteiger partial charge in [0.1, 0.15) is 11.6 Å². The molecule has 1 aromatic carbocycles. The Balaban J connectivity index is 1.77. The number of carbonyl (C=O) groups excluding carboxylic acids is 1. The van der Waals surface area contributed by atoms with Gasteiger partial charge in [0, 0.05) is 31.2 Å². The normalized spacial score (nSPS) is 16.8. The summed E-state index contributed by atoms with van der Waals surface area (Å²) in [6.45, 7) is 4.92. The number of nitrogens with one attached hydrogen (secondary N) is 1. The first kappa shape index (κ1) is 19.8. The summed E-state index contributed by atoms with van der Waals surface area (Å²) in [4.78, 5) is 11.8. The lowest BCUT2D eigenvalue weighted by atomic mass is 10.2. The Bertz CT molecular complexity index is 775. The van der Waals surface area contributed by atoms with Crippen LogP contribution in [-0.2, 0) is 16.0 Å². The number of benzene rings is 1. The van der Waals surface area contributed by atoms with Crippen molar-refractivity contribution >= 4 is 17.7 Å². The quantitative estimate of drug-likeness (QED) is 0.700. The summed E-state index contributed by atoms with van der Waals surface area (Å²) >= 11 is 1.52. The van der Waals surface area contributed by atoms with Crippen LogP contribution in [-0.4, -0.2) is 45.7 Å². The highest BCUT2D eigenvalue weighted by atomic mass is 32.2. The van der Waals surface area contributed by atoms with Gasteiger partial charge in [-0.15, -0.1) is 10.2 Å². The topological polar surface area (TPSA) is 69.0 Å². The highest BCUT2D eigenvalue weighted by molar-refractivity contribution is 7.99. The zero-order valence-corrected chi connectivity index (χ0v) is 16.5. The maximum Gasteiger partial charge on any atom is 0.222 e. The third kappa shape index (κ3) is 5.07. The zero-order chi connectivity index (χ0) is 19.2. The van der Waals surface area contributed by atoms with E-state index in [1.807, 2.05) is 13.8 Å². The van der Waals surface area contributed by atoms with E-state index >= 15 is 0 Å². The average molecular weight is 393 g/mol. The molecule has 3 rings (SSSR count). The molecule has 1 fully saturated rings. The van der Waals surface area contributed by atoms with E-state index in [4.69, 9.17) is 4.74 Å². The van der Waals surface area contributed by atoms with Crippen LogP contribution in [0.15, 0.2) is 29.4 Å². The predicted octanol–water partition coefficient (Wildman–Crippen LogP) is 2.99. The number of thioether (sulfide) groups is 1. The molecule has 146 valence electrons. The van der Waals surface area contributed by atoms with Gasteiger partial charge < -0.3 is 10.1 Å². The third-order valence-electron chi connectivity index (χ3n) is 4.39. The van der Waals surface area contributed by atoms with Crippen molar-refractivity contribution in [3.05, 3.63) is 35.9 Å². The van der Waals surface area contributed by atoms with Crippen LogP contribution in [0.2, 0.25) is 0 Å². The molecule has 8 heteroatoms. The molecule has 0 spiro atoms. The van der Waals surface area contributed by atoms with E-state index in [0.29, 0.717) is 29.6 Å². The fourth-order valence-electron chi connectivity index (χ4n) is 2.88. The molecule has 2 heterocycles. The van der Waals surface area contributed by atoms with Crippen molar-refractivity contribution in [2.24, 2.45) is 5.92 Å². The first-order valence-electron chi connectivity index (χ1n) is 9.27. The molecule has 27 heavy (non-hydrogen) atoms. The number of halogens is 1. The van der Waals surface area contributed by atoms with Gasteiger partial charge in [0.15, 0.2) is 5.16 Å². The van der Waals surface area contributed by atoms with Gasteiger partial charge in [-0.2, -0.15) is 0 Å². The highest BCUT2D eigenvalue weighted by Gasteiger charge is 2.21. The Kier molecular flexibility index (Phi) is 6.84. The number of carbonyl (C=O) groups is 1. The SMILES string of the molecule is CC(C)C(=O)NCCc1nnc(SC[C@H]2CCCO2)n1-c1ccccc1F. The van der Waals surface area contributed by atoms with Crippen LogP contribution in [0.1, 0.15) is 32.5 Å². The smallest absolute Gasteiger partial charge is 0.222 e. The van der Waals surface area contributed by atoms with E-state index in [2.05, 4.69) is 15.5 Å². The second-order valence-electron chi connectivity index (χ2n) is 6.83. The van der Waals surface area contributed by atoms with Crippen molar-refractivity contribution in [3.8, 4) is 5.69 Å². The van der Waals surface area contributed by atoms with Crippen molar-refractivity contribution in [2.75, 3.05) is 18.9 Å². The summed E-state index contributed by atoms with van der Waals surface area (Å²) in [5.74, 6) is 0.964. The number of ether oxygens (including phenoxy) is 1. The molecule has 1 aliphatic rings. The first-order chi connectivity index (χ1) is 13.1. The van der Waals surface area contributed by atoms with E-state index in [0.717, 1.165) is 25.2 Å². The fraction of sp³-hybridized carbons (Fsp3) is 0.526. The number of hydrogen-bond donors (Lipinski definition) is 1. The number of para-hydroxylation sites is 1. The Morgan fingerprint density at radius 2 is 2.22 bits per heavy atom. The summed E-state index contributed by atoms with van der Waals surface area (Å²) in [5.41, 5.74) is 0.419. The summed E-state index contributed by atoms with van der Waals surface area (Å²) in [6, 6.07) is 6.58. The predicted molar refractivity (Wildman–Crippen MR) is 103 cm³/mol. The lowest BCUT2D eigenvalue weighted by Gasteiger charge is -2.13. The Morgan fingerprint density at radius 3 is 2.93 bits per heavy atom. The van der Waals surface area contributed by atoms with Gasteiger partial charge in [-0.25, -0.2) is 4.39 Å². The molecule has 0 unspecified atom stereocenters. The maximum absolute atomic E-state index is 14.4. The van der Waals surface area contributed by atoms with E-state index in [1.165, 1.54) is 17.8 Å². The van der Waals surface area contributed by atoms with Gasteiger partial charge in [-0.3, -0.25) is 9.36 Å². The second-order valence-corrected chi connectivity index (χ2v) is 7.81. The van der Waals surface area contributed by atoms with Crippen LogP contribution in [0.3, 0.4) is 0 Å². The minimum atomic E-state index is -0.330. The van der Waals surface area contributed by atoms with E-state index in [1.54, 1.807) is 22.8 Å². The van der Waals surface area contributed by atoms with Crippen LogP contribution >= 0.6 is 11.8 Å². The van der Waals surface area contributed by atoms with Gasteiger partial charge in [-0.05, 0) is 25.0 Å². The van der Waals surface area contributed by atoms with Gasteiger partial charge in [0.2, 0.25) is 5.91 Å². The minimum absolute atomic E-state index is 0.0139. The molecule has 0 bridgehead atoms. The minimum Gasteiger partial charge on any atom is -0.377 e. The van der Waals surface area contributed by atoms with Crippen LogP contribution in [0.5, 0.6) is 0 Å². The lowest BCUT2D eigenvalue weighted by molar-refractivity contribution is -0.123. The summed E-state index contributed by atoms with van der Waals surface area (Å²) < 4.78 is 21.8. The van der Waals surface area contributed by atoms with Crippen molar-refractivity contribution < 1.29 is 13.9 Å². The van der Waals surface area contributed by atoms with Gasteiger partial charge in [-0.1, -0.05) is 37.7 Å². The largest absolute Gasteiger partial charge is 0.377 e. The molecule has 1 N–H and O–H groups in total. The van der Waals surface area contributed by atoms with Crippen LogP contribution in [0.4, 0.5) is 4.39 Å². The summed E-state index contributed by atoms with van der Waals surface area (Å²) in [6.07, 6.45) is 2.79. The van der Waals surface area contributed by atoms with Gasteiger partial charge >= 0.3 is 0 Å². The monoisotopic (exact) mass is 392 g/mol. The first-order valence-corrected chi connectivity index (χ1v) is 10.3. The summed E-state index contributed by atoms with van der Waals surface area (Å²) in [7, 11) is 0. The Morgan fingerprint density at radius 1 is 1.41 bits per heavy atom. The van der Waals surface area contributed by atoms with Crippen molar-refractivity contribution in [1.82, 2.24) is 20.1 Å². The van der Waals surface area contributed by atoms with Gasteiger partial charge in [0.05, 0.1) is 11.8 Å². The Labute approximate surface area is 162 Å². The number of amides is 1. The third-order valence-corrected chi connectivity index (χ3v) is 5.45. The molecule has 0 radical (unpaired) electrons. The highest BCUT2D eigenvalue weighted by Crippen LogP contribution is 2.27. The van der Waals surface area contributed by atoms with Gasteiger partial charge in [0.25, 0.3) is 0 Å². The molecule has 1 atom stereocenters. The fourth-order valence-corrected chi connectivity index (χ4v) is 3.90. The standard InChI is InChI=1S/C19H25FN4O2S/c1-13(2)18(25)21-10-9-17-22-23-19(27-12-14-6-5-11-26-14)24(17)16-8-4-3-7-15(16)20/h3-4,7-8,13-14H,5-6,9-12H2,1-2H3,(H,21,25)/t14-/m1/s1. The van der Waals surface area contributed by atoms with Crippen LogP contribution < -0.4 is 5.32 Å². The molecule has 0 saturated carbocycles. The molecule has 6 nitrogen and oxygen atoms in total. The number of hydrogen-bond acceptors (Lipinski definition) is 5. The lowest BCUT2D eigenvalue weighted by Crippen LogP contribution is -2.30. The maximum atomic E-state index is 14.4. The average Bonchev–Trinajstić information content (AvgIpc) is 3.30. The van der Waals surface area contributed by atoms with Crippen molar-refractivity contribution in [1.29, 1.82) is 0 Å². The van der Waals surface area contributed by atoms with E-state index < -0.39 is 0 Å². The molecular weight excluding hydrogens is 367 g/mol. The van der Waals surface area contributed by atoms with Crippen molar-refractivity contribution in [2.45, 2.75) is 44.4 Å². The Hall–Kier alpha value is -1.93. The number of nitrogens with zero attached hydrogens (tertiary/aromatic N) is 3. The molecule has 1 aromatic heterocycles. The summed E-state index contributed by atoms with van der Waals surface area (Å²) in [5, 5.41) is 12.0. The zero-order valence-electron chi connectivity index (χ0n) is 15.7. The molecule has 0 aliphatic carbocycles. The molecule has 1 aliphatic heterocycles. The van der Waals surface area contributed by atoms with Crippen LogP contribution in [0, 0.1) is 11.7 Å².